The number of hydrogen-bond acceptors (Lipinski definition) is 5. The fourth-order valence-electron chi connectivity index (χ4n) is 2.75. The van der Waals surface area contributed by atoms with Crippen LogP contribution in [0.1, 0.15) is 30.1 Å². The number of methoxy groups -OCH3 is 2. The van der Waals surface area contributed by atoms with Gasteiger partial charge in [0.25, 0.3) is 5.91 Å². The quantitative estimate of drug-likeness (QED) is 0.760. The molecule has 7 heteroatoms. The molecule has 0 N–H and O–H groups in total. The molecule has 0 saturated carbocycles. The average Bonchev–Trinajstić information content (AvgIpc) is 2.58. The van der Waals surface area contributed by atoms with E-state index in [1.54, 1.807) is 4.90 Å². The van der Waals surface area contributed by atoms with Crippen molar-refractivity contribution in [2.45, 2.75) is 19.8 Å². The summed E-state index contributed by atoms with van der Waals surface area (Å²) in [5.74, 6) is 0.336. The molecular weight excluding hydrogens is 334 g/mol. The molecule has 0 aliphatic carbocycles. The number of ether oxygens (including phenoxy) is 3. The van der Waals surface area contributed by atoms with Crippen LogP contribution >= 0.6 is 11.6 Å². The summed E-state index contributed by atoms with van der Waals surface area (Å²) in [4.78, 5) is 26.1. The first-order valence-electron chi connectivity index (χ1n) is 7.82. The summed E-state index contributed by atoms with van der Waals surface area (Å²) in [6.07, 6.45) is 2.10. The summed E-state index contributed by atoms with van der Waals surface area (Å²) in [5, 5.41) is 0.236. The standard InChI is InChI=1S/C17H22ClNO5/c1-11-5-4-6-19(9-11)15(20)10-24-17(21)12-7-13(18)16(23-3)14(8-12)22-2/h7-8,11H,4-6,9-10H2,1-3H3/t11-/m1/s1. The van der Waals surface area contributed by atoms with Crippen LogP contribution in [0.5, 0.6) is 11.5 Å². The molecule has 6 nitrogen and oxygen atoms in total. The van der Waals surface area contributed by atoms with Crippen LogP contribution < -0.4 is 9.47 Å². The van der Waals surface area contributed by atoms with Crippen molar-refractivity contribution in [2.75, 3.05) is 33.9 Å². The molecule has 2 rings (SSSR count). The first-order valence-corrected chi connectivity index (χ1v) is 8.20. The Kier molecular flexibility index (Phi) is 6.31. The molecule has 0 aromatic heterocycles. The van der Waals surface area contributed by atoms with Crippen LogP contribution in [0.25, 0.3) is 0 Å². The second-order valence-corrected chi connectivity index (χ2v) is 6.26. The molecule has 1 aliphatic rings. The highest BCUT2D eigenvalue weighted by Crippen LogP contribution is 2.36. The largest absolute Gasteiger partial charge is 0.493 e. The van der Waals surface area contributed by atoms with E-state index in [9.17, 15) is 9.59 Å². The van der Waals surface area contributed by atoms with Gasteiger partial charge in [0.2, 0.25) is 0 Å². The maximum atomic E-state index is 12.2. The van der Waals surface area contributed by atoms with Gasteiger partial charge in [-0.15, -0.1) is 0 Å². The number of esters is 1. The molecule has 1 amide bonds. The Morgan fingerprint density at radius 2 is 2.04 bits per heavy atom. The predicted molar refractivity (Wildman–Crippen MR) is 89.8 cm³/mol. The normalized spacial score (nSPS) is 17.3. The van der Waals surface area contributed by atoms with Gasteiger partial charge in [-0.05, 0) is 30.9 Å². The maximum absolute atomic E-state index is 12.2. The van der Waals surface area contributed by atoms with Crippen molar-refractivity contribution in [1.29, 1.82) is 0 Å². The number of piperidine rings is 1. The summed E-state index contributed by atoms with van der Waals surface area (Å²) in [6, 6.07) is 2.90. The van der Waals surface area contributed by atoms with Crippen molar-refractivity contribution in [3.8, 4) is 11.5 Å². The van der Waals surface area contributed by atoms with Crippen LogP contribution in [0.2, 0.25) is 5.02 Å². The number of carbonyl (C=O) groups excluding carboxylic acids is 2. The summed E-state index contributed by atoms with van der Waals surface area (Å²) >= 11 is 6.07. The highest BCUT2D eigenvalue weighted by Gasteiger charge is 2.23. The fraction of sp³-hybridized carbons (Fsp3) is 0.529. The monoisotopic (exact) mass is 355 g/mol. The third-order valence-corrected chi connectivity index (χ3v) is 4.29. The summed E-state index contributed by atoms with van der Waals surface area (Å²) in [5.41, 5.74) is 0.206. The highest BCUT2D eigenvalue weighted by atomic mass is 35.5. The van der Waals surface area contributed by atoms with E-state index in [4.69, 9.17) is 25.8 Å². The molecule has 1 aromatic carbocycles. The molecule has 0 radical (unpaired) electrons. The van der Waals surface area contributed by atoms with Crippen molar-refractivity contribution < 1.29 is 23.8 Å². The Hall–Kier alpha value is -1.95. The Morgan fingerprint density at radius 1 is 1.29 bits per heavy atom. The number of nitrogens with zero attached hydrogens (tertiary/aromatic N) is 1. The van der Waals surface area contributed by atoms with Gasteiger partial charge in [0.15, 0.2) is 18.1 Å². The van der Waals surface area contributed by atoms with Crippen LogP contribution in [0.15, 0.2) is 12.1 Å². The van der Waals surface area contributed by atoms with Crippen LogP contribution in [0.4, 0.5) is 0 Å². The van der Waals surface area contributed by atoms with Gasteiger partial charge in [0.1, 0.15) is 0 Å². The van der Waals surface area contributed by atoms with Crippen LogP contribution in [-0.2, 0) is 9.53 Å². The highest BCUT2D eigenvalue weighted by molar-refractivity contribution is 6.32. The van der Waals surface area contributed by atoms with Gasteiger partial charge in [-0.25, -0.2) is 4.79 Å². The smallest absolute Gasteiger partial charge is 0.338 e. The van der Waals surface area contributed by atoms with E-state index < -0.39 is 5.97 Å². The molecule has 1 heterocycles. The summed E-state index contributed by atoms with van der Waals surface area (Å²) in [6.45, 7) is 3.25. The van der Waals surface area contributed by atoms with Crippen LogP contribution in [0.3, 0.4) is 0 Å². The lowest BCUT2D eigenvalue weighted by Gasteiger charge is -2.30. The Balaban J connectivity index is 1.99. The first kappa shape index (κ1) is 18.4. The Bertz CT molecular complexity index is 619. The Morgan fingerprint density at radius 3 is 2.67 bits per heavy atom. The number of carbonyl (C=O) groups is 2. The van der Waals surface area contributed by atoms with Gasteiger partial charge in [-0.1, -0.05) is 18.5 Å². The van der Waals surface area contributed by atoms with E-state index in [1.807, 2.05) is 0 Å². The number of likely N-dealkylation sites (tertiary alicyclic amines) is 1. The predicted octanol–water partition coefficient (Wildman–Crippen LogP) is 2.77. The van der Waals surface area contributed by atoms with Gasteiger partial charge in [-0.3, -0.25) is 4.79 Å². The second kappa shape index (κ2) is 8.24. The Labute approximate surface area is 146 Å². The average molecular weight is 356 g/mol. The van der Waals surface area contributed by atoms with Gasteiger partial charge >= 0.3 is 5.97 Å². The lowest BCUT2D eigenvalue weighted by molar-refractivity contribution is -0.136. The molecule has 1 aliphatic heterocycles. The van der Waals surface area contributed by atoms with Gasteiger partial charge in [0, 0.05) is 13.1 Å². The van der Waals surface area contributed by atoms with Gasteiger partial charge < -0.3 is 19.1 Å². The number of benzene rings is 1. The van der Waals surface area contributed by atoms with E-state index in [2.05, 4.69) is 6.92 Å². The molecule has 1 atom stereocenters. The van der Waals surface area contributed by atoms with Crippen molar-refractivity contribution in [2.24, 2.45) is 5.92 Å². The van der Waals surface area contributed by atoms with Crippen molar-refractivity contribution in [1.82, 2.24) is 4.90 Å². The SMILES string of the molecule is COc1cc(C(=O)OCC(=O)N2CCC[C@@H](C)C2)cc(Cl)c1OC. The first-order chi connectivity index (χ1) is 11.5. The summed E-state index contributed by atoms with van der Waals surface area (Å²) in [7, 11) is 2.91. The molecule has 1 fully saturated rings. The molecule has 0 bridgehead atoms. The van der Waals surface area contributed by atoms with E-state index in [0.717, 1.165) is 12.8 Å². The zero-order chi connectivity index (χ0) is 17.7. The summed E-state index contributed by atoms with van der Waals surface area (Å²) < 4.78 is 15.4. The van der Waals surface area contributed by atoms with E-state index in [1.165, 1.54) is 26.4 Å². The molecular formula is C17H22ClNO5. The zero-order valence-electron chi connectivity index (χ0n) is 14.1. The topological polar surface area (TPSA) is 65.1 Å². The van der Waals surface area contributed by atoms with Crippen molar-refractivity contribution >= 4 is 23.5 Å². The molecule has 0 spiro atoms. The molecule has 132 valence electrons. The number of amides is 1. The lowest BCUT2D eigenvalue weighted by atomic mass is 10.0. The number of hydrogen-bond donors (Lipinski definition) is 0. The van der Waals surface area contributed by atoms with Crippen LogP contribution in [-0.4, -0.2) is 50.7 Å². The third kappa shape index (κ3) is 4.32. The minimum atomic E-state index is -0.628. The molecule has 1 aromatic rings. The minimum Gasteiger partial charge on any atom is -0.493 e. The van der Waals surface area contributed by atoms with E-state index in [-0.39, 0.29) is 23.1 Å². The maximum Gasteiger partial charge on any atom is 0.338 e. The second-order valence-electron chi connectivity index (χ2n) is 5.86. The van der Waals surface area contributed by atoms with E-state index in [0.29, 0.717) is 30.5 Å². The van der Waals surface area contributed by atoms with Crippen LogP contribution in [0, 0.1) is 5.92 Å². The molecule has 24 heavy (non-hydrogen) atoms. The number of rotatable bonds is 5. The van der Waals surface area contributed by atoms with Gasteiger partial charge in [-0.2, -0.15) is 0 Å². The van der Waals surface area contributed by atoms with Gasteiger partial charge in [0.05, 0.1) is 24.8 Å². The van der Waals surface area contributed by atoms with E-state index >= 15 is 0 Å². The van der Waals surface area contributed by atoms with Crippen molar-refractivity contribution in [3.63, 3.8) is 0 Å². The lowest BCUT2D eigenvalue weighted by Crippen LogP contribution is -2.41. The minimum absolute atomic E-state index is 0.179. The molecule has 1 saturated heterocycles. The third-order valence-electron chi connectivity index (χ3n) is 4.01. The molecule has 0 unspecified atom stereocenters. The number of halogens is 1. The fourth-order valence-corrected chi connectivity index (χ4v) is 3.04. The van der Waals surface area contributed by atoms with Crippen molar-refractivity contribution in [3.05, 3.63) is 22.7 Å². The zero-order valence-corrected chi connectivity index (χ0v) is 14.9.